The Hall–Kier alpha value is -6.37. The lowest BCUT2D eigenvalue weighted by atomic mass is 10.0. The van der Waals surface area contributed by atoms with E-state index in [0.29, 0.717) is 22.9 Å². The molecule has 286 valence electrons. The molecule has 0 aliphatic heterocycles. The monoisotopic (exact) mass is 792 g/mol. The molecule has 0 atom stereocenters. The van der Waals surface area contributed by atoms with Crippen molar-refractivity contribution >= 4 is 47.1 Å². The average molecular weight is 793 g/mol. The Morgan fingerprint density at radius 3 is 1.68 bits per heavy atom. The highest BCUT2D eigenvalue weighted by Crippen LogP contribution is 2.37. The lowest BCUT2D eigenvalue weighted by Gasteiger charge is -2.24. The van der Waals surface area contributed by atoms with E-state index in [-0.39, 0.29) is 0 Å². The predicted molar refractivity (Wildman–Crippen MR) is 228 cm³/mol. The van der Waals surface area contributed by atoms with Crippen LogP contribution in [0.25, 0.3) is 16.8 Å². The fourth-order valence-electron chi connectivity index (χ4n) is 6.04. The number of amides is 2. The lowest BCUT2D eigenvalue weighted by molar-refractivity contribution is 0.208. The van der Waals surface area contributed by atoms with Gasteiger partial charge in [-0.25, -0.2) is 14.6 Å². The Morgan fingerprint density at radius 1 is 0.596 bits per heavy atom. The summed E-state index contributed by atoms with van der Waals surface area (Å²) in [4.78, 5) is 43.9. The van der Waals surface area contributed by atoms with Gasteiger partial charge in [0.1, 0.15) is 11.5 Å². The summed E-state index contributed by atoms with van der Waals surface area (Å²) >= 11 is 3.44. The van der Waals surface area contributed by atoms with Crippen molar-refractivity contribution in [2.24, 2.45) is 0 Å². The minimum atomic E-state index is -0.544. The quantitative estimate of drug-likeness (QED) is 0.0996. The van der Waals surface area contributed by atoms with Crippen molar-refractivity contribution in [3.05, 3.63) is 170 Å². The van der Waals surface area contributed by atoms with E-state index in [9.17, 15) is 9.59 Å². The molecule has 7 rings (SSSR count). The van der Waals surface area contributed by atoms with Crippen molar-refractivity contribution in [2.45, 2.75) is 22.9 Å². The van der Waals surface area contributed by atoms with E-state index in [1.807, 2.05) is 126 Å². The maximum Gasteiger partial charge on any atom is 0.419 e. The van der Waals surface area contributed by atoms with E-state index in [0.717, 1.165) is 57.4 Å². The van der Waals surface area contributed by atoms with Gasteiger partial charge in [-0.15, -0.1) is 11.8 Å². The molecule has 0 saturated carbocycles. The molecular weight excluding hydrogens is 753 g/mol. The van der Waals surface area contributed by atoms with Crippen LogP contribution in [0.2, 0.25) is 0 Å². The largest absolute Gasteiger partial charge is 0.419 e. The van der Waals surface area contributed by atoms with Gasteiger partial charge in [-0.05, 0) is 84.6 Å². The third-order valence-electron chi connectivity index (χ3n) is 9.09. The Morgan fingerprint density at radius 2 is 1.14 bits per heavy atom. The molecule has 0 aliphatic rings. The van der Waals surface area contributed by atoms with Crippen LogP contribution in [0, 0.1) is 0 Å². The molecule has 0 saturated heterocycles. The second-order valence-electron chi connectivity index (χ2n) is 12.8. The van der Waals surface area contributed by atoms with Crippen molar-refractivity contribution < 1.29 is 19.1 Å². The fraction of sp³-hybridized carbons (Fsp3) is 0.133. The molecule has 0 radical (unpaired) electrons. The van der Waals surface area contributed by atoms with E-state index in [1.165, 1.54) is 14.7 Å². The molecular formula is C45H40N6O4S2. The highest BCUT2D eigenvalue weighted by Gasteiger charge is 2.22. The van der Waals surface area contributed by atoms with Gasteiger partial charge in [0.05, 0.1) is 23.3 Å². The van der Waals surface area contributed by atoms with Crippen molar-refractivity contribution in [1.29, 1.82) is 0 Å². The summed E-state index contributed by atoms with van der Waals surface area (Å²) in [7, 11) is 3.34. The first-order valence-electron chi connectivity index (χ1n) is 18.3. The number of carbonyl (C=O) groups excluding carboxylic acids is 2. The van der Waals surface area contributed by atoms with E-state index >= 15 is 0 Å². The number of aryl methyl sites for hydroxylation is 2. The summed E-state index contributed by atoms with van der Waals surface area (Å²) in [5.74, 6) is 2.64. The molecule has 0 fully saturated rings. The number of benzene rings is 4. The number of pyridine rings is 2. The zero-order valence-electron chi connectivity index (χ0n) is 31.5. The van der Waals surface area contributed by atoms with Gasteiger partial charge >= 0.3 is 12.2 Å². The molecule has 0 aliphatic carbocycles. The second-order valence-corrected chi connectivity index (χ2v) is 15.1. The first kappa shape index (κ1) is 38.9. The zero-order valence-corrected chi connectivity index (χ0v) is 33.1. The van der Waals surface area contributed by atoms with E-state index < -0.39 is 12.2 Å². The second kappa shape index (κ2) is 19.0. The lowest BCUT2D eigenvalue weighted by Crippen LogP contribution is -2.31. The maximum atomic E-state index is 13.5. The maximum absolute atomic E-state index is 13.5. The van der Waals surface area contributed by atoms with Gasteiger partial charge in [0.25, 0.3) is 0 Å². The van der Waals surface area contributed by atoms with Gasteiger partial charge in [-0.2, -0.15) is 0 Å². The van der Waals surface area contributed by atoms with Crippen LogP contribution in [0.5, 0.6) is 11.5 Å². The van der Waals surface area contributed by atoms with E-state index in [2.05, 4.69) is 15.0 Å². The van der Waals surface area contributed by atoms with Gasteiger partial charge in [-0.1, -0.05) is 72.4 Å². The Labute approximate surface area is 340 Å². The molecule has 7 aromatic rings. The van der Waals surface area contributed by atoms with Crippen LogP contribution in [0.3, 0.4) is 0 Å². The molecule has 2 amide bonds. The molecule has 10 nitrogen and oxygen atoms in total. The highest BCUT2D eigenvalue weighted by atomic mass is 32.2. The number of thioether (sulfide) groups is 2. The summed E-state index contributed by atoms with van der Waals surface area (Å²) in [6, 6.07) is 38.1. The Balaban J connectivity index is 0.953. The average Bonchev–Trinajstić information content (AvgIpc) is 3.73. The molecule has 3 aromatic heterocycles. The van der Waals surface area contributed by atoms with Gasteiger partial charge in [0.15, 0.2) is 5.16 Å². The minimum Gasteiger partial charge on any atom is -0.410 e. The number of ether oxygens (including phenoxy) is 2. The van der Waals surface area contributed by atoms with Crippen LogP contribution in [0.4, 0.5) is 21.0 Å². The summed E-state index contributed by atoms with van der Waals surface area (Å²) in [5, 5.41) is 0.899. The highest BCUT2D eigenvalue weighted by molar-refractivity contribution is 7.99. The number of para-hydroxylation sites is 2. The third-order valence-corrected chi connectivity index (χ3v) is 11.1. The minimum absolute atomic E-state index is 0.438. The smallest absolute Gasteiger partial charge is 0.410 e. The molecule has 0 bridgehead atoms. The normalized spacial score (nSPS) is 10.8. The number of imidazole rings is 1. The Bertz CT molecular complexity index is 2390. The summed E-state index contributed by atoms with van der Waals surface area (Å²) in [5.41, 5.74) is 5.97. The molecule has 0 N–H and O–H groups in total. The number of carbonyl (C=O) groups is 2. The fourth-order valence-corrected chi connectivity index (χ4v) is 7.89. The number of aromatic nitrogens is 4. The van der Waals surface area contributed by atoms with Crippen LogP contribution < -0.4 is 19.3 Å². The van der Waals surface area contributed by atoms with Gasteiger partial charge in [-0.3, -0.25) is 24.3 Å². The van der Waals surface area contributed by atoms with Crippen molar-refractivity contribution in [3.8, 4) is 28.3 Å². The van der Waals surface area contributed by atoms with Crippen molar-refractivity contribution in [3.63, 3.8) is 0 Å². The van der Waals surface area contributed by atoms with E-state index in [4.69, 9.17) is 9.47 Å². The topological polar surface area (TPSA) is 103 Å². The number of hydrogen-bond acceptors (Lipinski definition) is 9. The van der Waals surface area contributed by atoms with Crippen LogP contribution in [0.15, 0.2) is 169 Å². The van der Waals surface area contributed by atoms with Crippen LogP contribution >= 0.6 is 23.5 Å². The number of anilines is 2. The first-order chi connectivity index (χ1) is 27.9. The third kappa shape index (κ3) is 10.1. The van der Waals surface area contributed by atoms with E-state index in [1.54, 1.807) is 74.5 Å². The zero-order chi connectivity index (χ0) is 39.4. The van der Waals surface area contributed by atoms with Gasteiger partial charge in [0, 0.05) is 72.6 Å². The Kier molecular flexibility index (Phi) is 13.0. The predicted octanol–water partition coefficient (Wildman–Crippen LogP) is 10.3. The van der Waals surface area contributed by atoms with Gasteiger partial charge in [0.2, 0.25) is 0 Å². The van der Waals surface area contributed by atoms with Crippen LogP contribution in [-0.4, -0.2) is 57.3 Å². The van der Waals surface area contributed by atoms with Crippen LogP contribution in [-0.2, 0) is 12.8 Å². The number of hydrogen-bond donors (Lipinski definition) is 0. The summed E-state index contributed by atoms with van der Waals surface area (Å²) in [6.45, 7) is 0. The van der Waals surface area contributed by atoms with Gasteiger partial charge < -0.3 is 9.47 Å². The number of rotatable bonds is 14. The summed E-state index contributed by atoms with van der Waals surface area (Å²) in [6.07, 6.45) is 11.5. The first-order valence-corrected chi connectivity index (χ1v) is 20.3. The molecule has 12 heteroatoms. The molecule has 0 unspecified atom stereocenters. The summed E-state index contributed by atoms with van der Waals surface area (Å²) < 4.78 is 13.6. The molecule has 57 heavy (non-hydrogen) atoms. The van der Waals surface area contributed by atoms with Crippen molar-refractivity contribution in [2.75, 3.05) is 35.4 Å². The molecule has 4 aromatic carbocycles. The van der Waals surface area contributed by atoms with Crippen molar-refractivity contribution in [1.82, 2.24) is 19.5 Å². The molecule has 0 spiro atoms. The van der Waals surface area contributed by atoms with Crippen LogP contribution in [0.1, 0.15) is 11.1 Å². The molecule has 3 heterocycles. The SMILES string of the molecule is CN(C(=O)Oc1ccc(CCSc2ccncc2)cc1)c1ccccc1-c1ccccc1N(C)C(=O)Oc1ccc(CCSc2nccn2-c2cccnc2)cc1. The number of nitrogens with zero attached hydrogens (tertiary/aromatic N) is 6. The standard InChI is InChI=1S/C45H40N6O4S2/c1-49(44(52)54-36-17-13-33(14-18-36)23-30-56-38-21-26-46-27-22-38)41-11-5-3-9-39(41)40-10-4-6-12-42(40)50(2)45(53)55-37-19-15-34(16-20-37)24-31-57-43-48-28-29-51(43)35-8-7-25-47-32-35/h3-22,25-29,32H,23-24,30-31H2,1-2H3.